The molecule has 0 spiro atoms. The second-order valence-corrected chi connectivity index (χ2v) is 9.83. The molecule has 2 heterocycles. The second-order valence-electron chi connectivity index (χ2n) is 9.83. The molecule has 0 radical (unpaired) electrons. The Bertz CT molecular complexity index is 1970. The molecule has 0 unspecified atom stereocenters. The Morgan fingerprint density at radius 2 is 1.11 bits per heavy atom. The summed E-state index contributed by atoms with van der Waals surface area (Å²) in [7, 11) is 0. The van der Waals surface area contributed by atoms with Gasteiger partial charge in [0.1, 0.15) is 39.7 Å². The standard InChI is InChI=1S/C34H26N6O4/c1-21-29(31(39-43-21)23-12-6-3-7-13-23)33(41)35-26-18-19-27(38-37-25-16-10-5-11-17-25)28(20-26)36-34(42)30-22(2)44-40-32(30)24-14-8-4-9-15-24/h3-20H,1-2H3,(H,35,41)(H,36,42). The van der Waals surface area contributed by atoms with Crippen molar-refractivity contribution in [1.29, 1.82) is 0 Å². The van der Waals surface area contributed by atoms with E-state index in [2.05, 4.69) is 31.2 Å². The van der Waals surface area contributed by atoms with Crippen LogP contribution in [-0.2, 0) is 0 Å². The summed E-state index contributed by atoms with van der Waals surface area (Å²) in [5.74, 6) is -0.141. The highest BCUT2D eigenvalue weighted by Crippen LogP contribution is 2.33. The smallest absolute Gasteiger partial charge is 0.261 e. The summed E-state index contributed by atoms with van der Waals surface area (Å²) in [6.07, 6.45) is 0. The molecule has 44 heavy (non-hydrogen) atoms. The topological polar surface area (TPSA) is 135 Å². The second kappa shape index (κ2) is 12.4. The van der Waals surface area contributed by atoms with Crippen LogP contribution in [0.2, 0.25) is 0 Å². The van der Waals surface area contributed by atoms with Crippen LogP contribution in [0.5, 0.6) is 0 Å². The highest BCUT2D eigenvalue weighted by atomic mass is 16.5. The Hall–Kier alpha value is -6.16. The molecule has 0 saturated heterocycles. The van der Waals surface area contributed by atoms with Gasteiger partial charge < -0.3 is 19.7 Å². The maximum absolute atomic E-state index is 13.7. The average Bonchev–Trinajstić information content (AvgIpc) is 3.64. The average molecular weight is 583 g/mol. The number of rotatable bonds is 8. The van der Waals surface area contributed by atoms with E-state index in [1.54, 1.807) is 32.0 Å². The lowest BCUT2D eigenvalue weighted by Gasteiger charge is -2.12. The first-order valence-electron chi connectivity index (χ1n) is 13.7. The molecule has 0 aliphatic carbocycles. The molecule has 0 aliphatic rings. The summed E-state index contributed by atoms with van der Waals surface area (Å²) in [5, 5.41) is 22.8. The van der Waals surface area contributed by atoms with Crippen molar-refractivity contribution in [1.82, 2.24) is 10.3 Å². The fourth-order valence-corrected chi connectivity index (χ4v) is 4.65. The number of hydrogen-bond acceptors (Lipinski definition) is 8. The summed E-state index contributed by atoms with van der Waals surface area (Å²) in [5.41, 5.74) is 4.65. The Balaban J connectivity index is 1.34. The summed E-state index contributed by atoms with van der Waals surface area (Å²) in [6.45, 7) is 3.35. The fourth-order valence-electron chi connectivity index (χ4n) is 4.65. The van der Waals surface area contributed by atoms with Gasteiger partial charge in [-0.05, 0) is 44.2 Å². The lowest BCUT2D eigenvalue weighted by molar-refractivity contribution is 0.101. The largest absolute Gasteiger partial charge is 0.360 e. The monoisotopic (exact) mass is 582 g/mol. The number of nitrogens with one attached hydrogen (secondary N) is 2. The lowest BCUT2D eigenvalue weighted by atomic mass is 10.1. The Morgan fingerprint density at radius 1 is 0.614 bits per heavy atom. The number of carbonyl (C=O) groups excluding carboxylic acids is 2. The molecule has 2 aromatic heterocycles. The third-order valence-corrected chi connectivity index (χ3v) is 6.81. The molecule has 10 heteroatoms. The number of aryl methyl sites for hydroxylation is 2. The van der Waals surface area contributed by atoms with Crippen LogP contribution in [0, 0.1) is 13.8 Å². The summed E-state index contributed by atoms with van der Waals surface area (Å²) in [6, 6.07) is 32.8. The molecule has 0 bridgehead atoms. The molecule has 4 aromatic carbocycles. The summed E-state index contributed by atoms with van der Waals surface area (Å²) < 4.78 is 10.8. The van der Waals surface area contributed by atoms with E-state index in [0.29, 0.717) is 51.2 Å². The van der Waals surface area contributed by atoms with Crippen molar-refractivity contribution < 1.29 is 18.6 Å². The van der Waals surface area contributed by atoms with Gasteiger partial charge in [-0.15, -0.1) is 5.11 Å². The molecule has 0 aliphatic heterocycles. The van der Waals surface area contributed by atoms with Gasteiger partial charge in [0.15, 0.2) is 0 Å². The first kappa shape index (κ1) is 28.0. The highest BCUT2D eigenvalue weighted by molar-refractivity contribution is 6.11. The minimum absolute atomic E-state index is 0.282. The number of hydrogen-bond donors (Lipinski definition) is 2. The van der Waals surface area contributed by atoms with E-state index in [4.69, 9.17) is 9.05 Å². The van der Waals surface area contributed by atoms with Crippen LogP contribution in [0.25, 0.3) is 22.5 Å². The van der Waals surface area contributed by atoms with Gasteiger partial charge in [-0.2, -0.15) is 5.11 Å². The predicted molar refractivity (Wildman–Crippen MR) is 166 cm³/mol. The van der Waals surface area contributed by atoms with E-state index in [1.165, 1.54) is 0 Å². The molecule has 0 atom stereocenters. The van der Waals surface area contributed by atoms with E-state index >= 15 is 0 Å². The van der Waals surface area contributed by atoms with Gasteiger partial charge in [-0.25, -0.2) is 0 Å². The number of amides is 2. The predicted octanol–water partition coefficient (Wildman–Crippen LogP) is 8.53. The zero-order valence-electron chi connectivity index (χ0n) is 23.8. The van der Waals surface area contributed by atoms with Crippen molar-refractivity contribution in [2.75, 3.05) is 10.6 Å². The Morgan fingerprint density at radius 3 is 1.66 bits per heavy atom. The molecule has 2 amide bonds. The first-order chi connectivity index (χ1) is 21.5. The van der Waals surface area contributed by atoms with E-state index in [-0.39, 0.29) is 5.56 Å². The number of benzene rings is 4. The van der Waals surface area contributed by atoms with Crippen LogP contribution in [0.3, 0.4) is 0 Å². The third kappa shape index (κ3) is 5.90. The quantitative estimate of drug-likeness (QED) is 0.173. The van der Waals surface area contributed by atoms with E-state index < -0.39 is 11.8 Å². The number of anilines is 2. The van der Waals surface area contributed by atoms with Gasteiger partial charge in [0, 0.05) is 16.8 Å². The van der Waals surface area contributed by atoms with Crippen molar-refractivity contribution in [3.05, 3.63) is 132 Å². The normalized spacial score (nSPS) is 11.0. The molecule has 0 fully saturated rings. The van der Waals surface area contributed by atoms with Gasteiger partial charge in [-0.1, -0.05) is 89.2 Å². The van der Waals surface area contributed by atoms with Gasteiger partial charge >= 0.3 is 0 Å². The van der Waals surface area contributed by atoms with E-state index in [9.17, 15) is 9.59 Å². The molecule has 2 N–H and O–H groups in total. The maximum atomic E-state index is 13.7. The van der Waals surface area contributed by atoms with Crippen LogP contribution in [0.15, 0.2) is 128 Å². The number of azo groups is 1. The SMILES string of the molecule is Cc1onc(-c2ccccc2)c1C(=O)Nc1ccc(N=Nc2ccccc2)c(NC(=O)c2c(-c3ccccc3)noc2C)c1. The van der Waals surface area contributed by atoms with Crippen LogP contribution >= 0.6 is 0 Å². The fraction of sp³-hybridized carbons (Fsp3) is 0.0588. The number of aromatic nitrogens is 2. The molecule has 10 nitrogen and oxygen atoms in total. The molecule has 6 aromatic rings. The van der Waals surface area contributed by atoms with Gasteiger partial charge in [0.05, 0.1) is 11.4 Å². The van der Waals surface area contributed by atoms with Crippen molar-refractivity contribution in [3.8, 4) is 22.5 Å². The van der Waals surface area contributed by atoms with Crippen LogP contribution < -0.4 is 10.6 Å². The first-order valence-corrected chi connectivity index (χ1v) is 13.7. The maximum Gasteiger partial charge on any atom is 0.261 e. The van der Waals surface area contributed by atoms with Crippen LogP contribution in [-0.4, -0.2) is 22.1 Å². The minimum atomic E-state index is -0.455. The van der Waals surface area contributed by atoms with E-state index in [1.807, 2.05) is 91.0 Å². The number of carbonyl (C=O) groups is 2. The molecule has 6 rings (SSSR count). The van der Waals surface area contributed by atoms with Crippen molar-refractivity contribution in [3.63, 3.8) is 0 Å². The van der Waals surface area contributed by atoms with Crippen LogP contribution in [0.4, 0.5) is 22.7 Å². The number of nitrogens with zero attached hydrogens (tertiary/aromatic N) is 4. The van der Waals surface area contributed by atoms with Crippen molar-refractivity contribution in [2.45, 2.75) is 13.8 Å². The van der Waals surface area contributed by atoms with E-state index in [0.717, 1.165) is 11.1 Å². The summed E-state index contributed by atoms with van der Waals surface area (Å²) in [4.78, 5) is 27.2. The molecule has 216 valence electrons. The molecular formula is C34H26N6O4. The molecule has 0 saturated carbocycles. The Kier molecular flexibility index (Phi) is 7.87. The van der Waals surface area contributed by atoms with Crippen molar-refractivity contribution >= 4 is 34.6 Å². The highest BCUT2D eigenvalue weighted by Gasteiger charge is 2.24. The van der Waals surface area contributed by atoms with Gasteiger partial charge in [-0.3, -0.25) is 9.59 Å². The lowest BCUT2D eigenvalue weighted by Crippen LogP contribution is -2.15. The van der Waals surface area contributed by atoms with Gasteiger partial charge in [0.25, 0.3) is 11.8 Å². The van der Waals surface area contributed by atoms with Crippen LogP contribution in [0.1, 0.15) is 32.2 Å². The molecular weight excluding hydrogens is 556 g/mol. The zero-order valence-corrected chi connectivity index (χ0v) is 23.8. The summed E-state index contributed by atoms with van der Waals surface area (Å²) >= 11 is 0. The Labute approximate surface area is 252 Å². The third-order valence-electron chi connectivity index (χ3n) is 6.81. The van der Waals surface area contributed by atoms with Crippen molar-refractivity contribution in [2.24, 2.45) is 10.2 Å². The van der Waals surface area contributed by atoms with Gasteiger partial charge in [0.2, 0.25) is 0 Å². The minimum Gasteiger partial charge on any atom is -0.360 e. The zero-order chi connectivity index (χ0) is 30.5.